The molecule has 0 saturated carbocycles. The maximum Gasteiger partial charge on any atom is 0.401 e. The predicted molar refractivity (Wildman–Crippen MR) is 94.9 cm³/mol. The van der Waals surface area contributed by atoms with Crippen molar-refractivity contribution in [2.75, 3.05) is 32.7 Å². The smallest absolute Gasteiger partial charge is 0.337 e. The molecule has 10 heteroatoms. The summed E-state index contributed by atoms with van der Waals surface area (Å²) in [6.07, 6.45) is -3.85. The van der Waals surface area contributed by atoms with E-state index in [0.29, 0.717) is 13.0 Å². The molecule has 0 radical (unpaired) electrons. The maximum absolute atomic E-state index is 12.7. The predicted octanol–water partition coefficient (Wildman–Crippen LogP) is 2.08. The monoisotopic (exact) mass is 407 g/mol. The summed E-state index contributed by atoms with van der Waals surface area (Å²) in [5.41, 5.74) is 0.200. The number of alkyl halides is 3. The van der Waals surface area contributed by atoms with Crippen molar-refractivity contribution in [1.29, 1.82) is 0 Å². The number of carbonyl (C=O) groups excluding carboxylic acids is 1. The summed E-state index contributed by atoms with van der Waals surface area (Å²) in [7, 11) is -3.74. The number of benzene rings is 1. The van der Waals surface area contributed by atoms with Crippen molar-refractivity contribution in [2.24, 2.45) is 0 Å². The highest BCUT2D eigenvalue weighted by molar-refractivity contribution is 7.89. The van der Waals surface area contributed by atoms with Crippen LogP contribution >= 0.6 is 0 Å². The van der Waals surface area contributed by atoms with Gasteiger partial charge in [-0.3, -0.25) is 9.69 Å². The van der Waals surface area contributed by atoms with Crippen LogP contribution in [-0.2, 0) is 10.0 Å². The molecule has 0 aliphatic carbocycles. The molecule has 1 aliphatic rings. The summed E-state index contributed by atoms with van der Waals surface area (Å²) in [4.78, 5) is 15.4. The third-order valence-electron chi connectivity index (χ3n) is 4.06. The standard InChI is InChI=1S/C17H24F3N3O3S/c1-13(2)21-27(25,26)15-6-3-5-14(11-15)16(24)23-8-4-7-22(9-10-23)12-17(18,19)20/h3,5-6,11,13,21H,4,7-10,12H2,1-2H3. The topological polar surface area (TPSA) is 69.7 Å². The van der Waals surface area contributed by atoms with Gasteiger partial charge in [0.05, 0.1) is 11.4 Å². The highest BCUT2D eigenvalue weighted by Crippen LogP contribution is 2.19. The minimum atomic E-state index is -4.27. The Balaban J connectivity index is 2.11. The van der Waals surface area contributed by atoms with Crippen LogP contribution in [0, 0.1) is 0 Å². The van der Waals surface area contributed by atoms with Gasteiger partial charge < -0.3 is 4.90 Å². The number of nitrogens with zero attached hydrogens (tertiary/aromatic N) is 2. The van der Waals surface area contributed by atoms with Crippen LogP contribution in [0.5, 0.6) is 0 Å². The summed E-state index contributed by atoms with van der Waals surface area (Å²) in [6.45, 7) is 3.26. The molecule has 1 aliphatic heterocycles. The molecule has 1 aromatic rings. The Bertz CT molecular complexity index is 766. The quantitative estimate of drug-likeness (QED) is 0.812. The fourth-order valence-corrected chi connectivity index (χ4v) is 4.24. The first-order valence-corrected chi connectivity index (χ1v) is 10.2. The van der Waals surface area contributed by atoms with E-state index in [1.807, 2.05) is 0 Å². The summed E-state index contributed by atoms with van der Waals surface area (Å²) in [6, 6.07) is 5.39. The highest BCUT2D eigenvalue weighted by atomic mass is 32.2. The van der Waals surface area contributed by atoms with Gasteiger partial charge in [0.15, 0.2) is 0 Å². The van der Waals surface area contributed by atoms with Crippen LogP contribution in [0.25, 0.3) is 0 Å². The molecular weight excluding hydrogens is 383 g/mol. The van der Waals surface area contributed by atoms with Gasteiger partial charge in [-0.05, 0) is 38.5 Å². The molecule has 1 heterocycles. The number of nitrogens with one attached hydrogen (secondary N) is 1. The average Bonchev–Trinajstić information content (AvgIpc) is 2.77. The van der Waals surface area contributed by atoms with Crippen molar-refractivity contribution in [3.63, 3.8) is 0 Å². The summed E-state index contributed by atoms with van der Waals surface area (Å²) in [5.74, 6) is -0.384. The Morgan fingerprint density at radius 1 is 1.19 bits per heavy atom. The van der Waals surface area contributed by atoms with Crippen LogP contribution in [0.3, 0.4) is 0 Å². The molecule has 0 bridgehead atoms. The highest BCUT2D eigenvalue weighted by Gasteiger charge is 2.32. The lowest BCUT2D eigenvalue weighted by Crippen LogP contribution is -2.38. The zero-order chi connectivity index (χ0) is 20.2. The number of halogens is 3. The molecule has 27 heavy (non-hydrogen) atoms. The summed E-state index contributed by atoms with van der Waals surface area (Å²) >= 11 is 0. The van der Waals surface area contributed by atoms with Crippen molar-refractivity contribution in [1.82, 2.24) is 14.5 Å². The SMILES string of the molecule is CC(C)NS(=O)(=O)c1cccc(C(=O)N2CCCN(CC(F)(F)F)CC2)c1. The molecule has 0 unspecified atom stereocenters. The van der Waals surface area contributed by atoms with Crippen molar-refractivity contribution in [3.8, 4) is 0 Å². The molecule has 0 aromatic heterocycles. The molecule has 1 amide bonds. The van der Waals surface area contributed by atoms with E-state index < -0.39 is 22.7 Å². The first-order valence-electron chi connectivity index (χ1n) is 8.69. The normalized spacial score (nSPS) is 17.2. The van der Waals surface area contributed by atoms with E-state index in [-0.39, 0.29) is 42.0 Å². The van der Waals surface area contributed by atoms with Gasteiger partial charge in [0.25, 0.3) is 5.91 Å². The lowest BCUT2D eigenvalue weighted by molar-refractivity contribution is -0.145. The van der Waals surface area contributed by atoms with Gasteiger partial charge in [0.1, 0.15) is 0 Å². The molecule has 0 atom stereocenters. The van der Waals surface area contributed by atoms with E-state index >= 15 is 0 Å². The van der Waals surface area contributed by atoms with E-state index in [1.54, 1.807) is 13.8 Å². The largest absolute Gasteiger partial charge is 0.401 e. The minimum Gasteiger partial charge on any atom is -0.337 e. The van der Waals surface area contributed by atoms with Crippen LogP contribution in [0.2, 0.25) is 0 Å². The Kier molecular flexibility index (Phi) is 6.87. The number of carbonyl (C=O) groups is 1. The molecule has 2 rings (SSSR count). The lowest BCUT2D eigenvalue weighted by atomic mass is 10.2. The number of sulfonamides is 1. The molecule has 1 saturated heterocycles. The molecule has 1 fully saturated rings. The molecule has 1 N–H and O–H groups in total. The number of hydrogen-bond acceptors (Lipinski definition) is 4. The van der Waals surface area contributed by atoms with E-state index in [4.69, 9.17) is 0 Å². The fourth-order valence-electron chi connectivity index (χ4n) is 2.94. The molecule has 6 nitrogen and oxygen atoms in total. The third kappa shape index (κ3) is 6.47. The van der Waals surface area contributed by atoms with E-state index in [2.05, 4.69) is 4.72 Å². The van der Waals surface area contributed by atoms with Crippen molar-refractivity contribution < 1.29 is 26.4 Å². The zero-order valence-electron chi connectivity index (χ0n) is 15.3. The van der Waals surface area contributed by atoms with E-state index in [1.165, 1.54) is 34.1 Å². The molecular formula is C17H24F3N3O3S. The van der Waals surface area contributed by atoms with Gasteiger partial charge in [-0.25, -0.2) is 13.1 Å². The minimum absolute atomic E-state index is 0.0180. The number of hydrogen-bond donors (Lipinski definition) is 1. The van der Waals surface area contributed by atoms with Crippen molar-refractivity contribution >= 4 is 15.9 Å². The average molecular weight is 407 g/mol. The van der Waals surface area contributed by atoms with Crippen LogP contribution in [0.1, 0.15) is 30.6 Å². The van der Waals surface area contributed by atoms with Crippen LogP contribution in [0.15, 0.2) is 29.2 Å². The first kappa shape index (κ1) is 21.6. The van der Waals surface area contributed by atoms with Gasteiger partial charge in [-0.1, -0.05) is 6.07 Å². The Labute approximate surface area is 157 Å². The Morgan fingerprint density at radius 2 is 1.89 bits per heavy atom. The fraction of sp³-hybridized carbons (Fsp3) is 0.588. The molecule has 0 spiro atoms. The van der Waals surface area contributed by atoms with Gasteiger partial charge in [0.2, 0.25) is 10.0 Å². The van der Waals surface area contributed by atoms with Crippen LogP contribution < -0.4 is 4.72 Å². The Hall–Kier alpha value is -1.65. The first-order chi connectivity index (χ1) is 12.5. The van der Waals surface area contributed by atoms with Gasteiger partial charge >= 0.3 is 6.18 Å². The van der Waals surface area contributed by atoms with E-state index in [0.717, 1.165) is 0 Å². The van der Waals surface area contributed by atoms with Gasteiger partial charge in [-0.15, -0.1) is 0 Å². The second-order valence-corrected chi connectivity index (χ2v) is 8.55. The number of rotatable bonds is 5. The van der Waals surface area contributed by atoms with Crippen LogP contribution in [-0.4, -0.2) is 69.1 Å². The summed E-state index contributed by atoms with van der Waals surface area (Å²) in [5, 5.41) is 0. The zero-order valence-corrected chi connectivity index (χ0v) is 16.1. The van der Waals surface area contributed by atoms with Crippen molar-refractivity contribution in [3.05, 3.63) is 29.8 Å². The van der Waals surface area contributed by atoms with E-state index in [9.17, 15) is 26.4 Å². The third-order valence-corrected chi connectivity index (χ3v) is 5.72. The number of amides is 1. The maximum atomic E-state index is 12.7. The second-order valence-electron chi connectivity index (χ2n) is 6.84. The van der Waals surface area contributed by atoms with Crippen molar-refractivity contribution in [2.45, 2.75) is 37.4 Å². The molecule has 1 aromatic carbocycles. The summed E-state index contributed by atoms with van der Waals surface area (Å²) < 4.78 is 64.7. The second kappa shape index (κ2) is 8.57. The Morgan fingerprint density at radius 3 is 2.52 bits per heavy atom. The van der Waals surface area contributed by atoms with Gasteiger partial charge in [-0.2, -0.15) is 13.2 Å². The van der Waals surface area contributed by atoms with Gasteiger partial charge in [0, 0.05) is 37.8 Å². The lowest BCUT2D eigenvalue weighted by Gasteiger charge is -2.23. The van der Waals surface area contributed by atoms with Crippen LogP contribution in [0.4, 0.5) is 13.2 Å². The molecule has 152 valence electrons.